The van der Waals surface area contributed by atoms with Crippen molar-refractivity contribution < 1.29 is 18.8 Å². The Hall–Kier alpha value is -2.28. The van der Waals surface area contributed by atoms with Crippen molar-refractivity contribution in [1.82, 2.24) is 9.80 Å². The van der Waals surface area contributed by atoms with Gasteiger partial charge in [-0.2, -0.15) is 0 Å². The van der Waals surface area contributed by atoms with Crippen LogP contribution in [0, 0.1) is 0 Å². The van der Waals surface area contributed by atoms with Crippen LogP contribution in [0.5, 0.6) is 0 Å². The number of rotatable bonds is 4. The molecule has 0 saturated carbocycles. The molecule has 2 aliphatic rings. The summed E-state index contributed by atoms with van der Waals surface area (Å²) in [5.74, 6) is 0.0886. The van der Waals surface area contributed by atoms with Gasteiger partial charge in [0, 0.05) is 13.1 Å². The van der Waals surface area contributed by atoms with E-state index in [2.05, 4.69) is 0 Å². The second-order valence-corrected chi connectivity index (χ2v) is 6.95. The van der Waals surface area contributed by atoms with Crippen molar-refractivity contribution in [3.05, 3.63) is 41.2 Å². The molecule has 0 bridgehead atoms. The number of hydrogen-bond donors (Lipinski definition) is 0. The van der Waals surface area contributed by atoms with E-state index in [-0.39, 0.29) is 12.5 Å². The quantitative estimate of drug-likeness (QED) is 0.771. The summed E-state index contributed by atoms with van der Waals surface area (Å²) in [6, 6.07) is 3.55. The number of nitrogens with zero attached hydrogens (tertiary/aromatic N) is 2. The van der Waals surface area contributed by atoms with E-state index < -0.39 is 11.1 Å². The topological polar surface area (TPSA) is 70.8 Å². The van der Waals surface area contributed by atoms with Gasteiger partial charge in [-0.1, -0.05) is 18.9 Å². The molecule has 0 atom stereocenters. The second-order valence-electron chi connectivity index (χ2n) is 5.96. The normalized spacial score (nSPS) is 20.7. The molecule has 0 aromatic carbocycles. The summed E-state index contributed by atoms with van der Waals surface area (Å²) < 4.78 is 5.16. The first-order valence-electron chi connectivity index (χ1n) is 8.38. The van der Waals surface area contributed by atoms with Crippen LogP contribution in [0.25, 0.3) is 6.08 Å². The Morgan fingerprint density at radius 3 is 2.64 bits per heavy atom. The number of allylic oxidation sites excluding steroid dienone is 2. The molecule has 0 unspecified atom stereocenters. The molecule has 1 aromatic rings. The van der Waals surface area contributed by atoms with E-state index in [1.807, 2.05) is 0 Å². The lowest BCUT2D eigenvalue weighted by molar-refractivity contribution is -0.135. The Morgan fingerprint density at radius 2 is 1.96 bits per heavy atom. The van der Waals surface area contributed by atoms with Gasteiger partial charge in [0.2, 0.25) is 5.91 Å². The van der Waals surface area contributed by atoms with Gasteiger partial charge in [-0.25, -0.2) is 0 Å². The van der Waals surface area contributed by atoms with E-state index in [4.69, 9.17) is 4.42 Å². The lowest BCUT2D eigenvalue weighted by Gasteiger charge is -2.22. The van der Waals surface area contributed by atoms with Crippen molar-refractivity contribution in [2.45, 2.75) is 25.7 Å². The van der Waals surface area contributed by atoms with Gasteiger partial charge in [-0.15, -0.1) is 0 Å². The van der Waals surface area contributed by atoms with Gasteiger partial charge in [0.05, 0.1) is 11.2 Å². The summed E-state index contributed by atoms with van der Waals surface area (Å²) in [5.41, 5.74) is 0. The van der Waals surface area contributed by atoms with Crippen LogP contribution in [0.15, 0.2) is 39.9 Å². The first-order valence-corrected chi connectivity index (χ1v) is 9.20. The molecule has 3 amide bonds. The molecule has 0 N–H and O–H groups in total. The fraction of sp³-hybridized carbons (Fsp3) is 0.389. The number of likely N-dealkylation sites (tertiary alicyclic amines) is 1. The van der Waals surface area contributed by atoms with E-state index in [1.54, 1.807) is 41.5 Å². The molecule has 132 valence electrons. The van der Waals surface area contributed by atoms with Crippen LogP contribution in [0.3, 0.4) is 0 Å². The van der Waals surface area contributed by atoms with Gasteiger partial charge in [-0.05, 0) is 48.9 Å². The average molecular weight is 360 g/mol. The highest BCUT2D eigenvalue weighted by Crippen LogP contribution is 2.30. The minimum Gasteiger partial charge on any atom is -0.465 e. The number of amides is 3. The fourth-order valence-corrected chi connectivity index (χ4v) is 3.61. The minimum atomic E-state index is -0.415. The van der Waals surface area contributed by atoms with Gasteiger partial charge in [0.15, 0.2) is 0 Å². The highest BCUT2D eigenvalue weighted by atomic mass is 32.2. The molecule has 6 nitrogen and oxygen atoms in total. The molecule has 2 saturated heterocycles. The van der Waals surface area contributed by atoms with Crippen LogP contribution in [0.2, 0.25) is 0 Å². The number of furan rings is 1. The highest BCUT2D eigenvalue weighted by molar-refractivity contribution is 8.18. The zero-order chi connectivity index (χ0) is 17.6. The standard InChI is InChI=1S/C18H20N2O4S/c21-16(19-10-3-1-2-4-11-19)13-20-17(22)15(25-18(20)23)9-5-7-14-8-6-12-24-14/h5-9,12H,1-4,10-11,13H2/b7-5+,15-9-. The third-order valence-electron chi connectivity index (χ3n) is 4.18. The summed E-state index contributed by atoms with van der Waals surface area (Å²) in [4.78, 5) is 40.0. The van der Waals surface area contributed by atoms with Crippen LogP contribution in [-0.4, -0.2) is 46.5 Å². The van der Waals surface area contributed by atoms with Crippen molar-refractivity contribution in [2.24, 2.45) is 0 Å². The maximum atomic E-state index is 12.4. The third-order valence-corrected chi connectivity index (χ3v) is 5.10. The lowest BCUT2D eigenvalue weighted by Crippen LogP contribution is -2.42. The first-order chi connectivity index (χ1) is 12.1. The summed E-state index contributed by atoms with van der Waals surface area (Å²) in [6.45, 7) is 1.23. The Balaban J connectivity index is 1.61. The Kier molecular flexibility index (Phi) is 5.75. The van der Waals surface area contributed by atoms with Crippen LogP contribution >= 0.6 is 11.8 Å². The van der Waals surface area contributed by atoms with E-state index in [9.17, 15) is 14.4 Å². The summed E-state index contributed by atoms with van der Waals surface area (Å²) >= 11 is 0.858. The van der Waals surface area contributed by atoms with Crippen molar-refractivity contribution in [1.29, 1.82) is 0 Å². The molecular formula is C18H20N2O4S. The largest absolute Gasteiger partial charge is 0.465 e. The molecule has 0 spiro atoms. The van der Waals surface area contributed by atoms with Gasteiger partial charge < -0.3 is 9.32 Å². The second kappa shape index (κ2) is 8.20. The van der Waals surface area contributed by atoms with Crippen LogP contribution in [-0.2, 0) is 9.59 Å². The van der Waals surface area contributed by atoms with E-state index >= 15 is 0 Å². The molecule has 25 heavy (non-hydrogen) atoms. The average Bonchev–Trinajstić information content (AvgIpc) is 3.08. The van der Waals surface area contributed by atoms with E-state index in [1.165, 1.54) is 0 Å². The van der Waals surface area contributed by atoms with Gasteiger partial charge in [0.1, 0.15) is 12.3 Å². The highest BCUT2D eigenvalue weighted by Gasteiger charge is 2.36. The first kappa shape index (κ1) is 17.5. The molecular weight excluding hydrogens is 340 g/mol. The molecule has 3 rings (SSSR count). The smallest absolute Gasteiger partial charge is 0.294 e. The van der Waals surface area contributed by atoms with Crippen LogP contribution in [0.1, 0.15) is 31.4 Å². The lowest BCUT2D eigenvalue weighted by atomic mass is 10.2. The SMILES string of the molecule is O=C(CN1C(=O)S/C(=C\C=C\c2ccco2)C1=O)N1CCCCCC1. The molecule has 2 aliphatic heterocycles. The summed E-state index contributed by atoms with van der Waals surface area (Å²) in [7, 11) is 0. The zero-order valence-corrected chi connectivity index (χ0v) is 14.7. The number of imide groups is 1. The third kappa shape index (κ3) is 4.42. The number of thioether (sulfide) groups is 1. The van der Waals surface area contributed by atoms with Crippen molar-refractivity contribution >= 4 is 34.9 Å². The molecule has 3 heterocycles. The van der Waals surface area contributed by atoms with Gasteiger partial charge >= 0.3 is 0 Å². The predicted molar refractivity (Wildman–Crippen MR) is 95.6 cm³/mol. The fourth-order valence-electron chi connectivity index (χ4n) is 2.82. The Morgan fingerprint density at radius 1 is 1.20 bits per heavy atom. The minimum absolute atomic E-state index is 0.156. The van der Waals surface area contributed by atoms with E-state index in [0.29, 0.717) is 23.8 Å². The van der Waals surface area contributed by atoms with Gasteiger partial charge in [-0.3, -0.25) is 19.3 Å². The molecule has 0 aliphatic carbocycles. The predicted octanol–water partition coefficient (Wildman–Crippen LogP) is 3.27. The van der Waals surface area contributed by atoms with Crippen LogP contribution < -0.4 is 0 Å². The molecule has 2 fully saturated rings. The van der Waals surface area contributed by atoms with E-state index in [0.717, 1.165) is 42.3 Å². The van der Waals surface area contributed by atoms with Crippen molar-refractivity contribution in [3.63, 3.8) is 0 Å². The monoisotopic (exact) mass is 360 g/mol. The van der Waals surface area contributed by atoms with Crippen molar-refractivity contribution in [2.75, 3.05) is 19.6 Å². The van der Waals surface area contributed by atoms with Gasteiger partial charge in [0.25, 0.3) is 11.1 Å². The number of carbonyl (C=O) groups is 3. The molecule has 7 heteroatoms. The summed E-state index contributed by atoms with van der Waals surface area (Å²) in [5, 5.41) is -0.397. The number of carbonyl (C=O) groups excluding carboxylic acids is 3. The maximum Gasteiger partial charge on any atom is 0.294 e. The maximum absolute atomic E-state index is 12.4. The van der Waals surface area contributed by atoms with Crippen LogP contribution in [0.4, 0.5) is 4.79 Å². The summed E-state index contributed by atoms with van der Waals surface area (Å²) in [6.07, 6.45) is 10.7. The number of hydrogen-bond acceptors (Lipinski definition) is 5. The zero-order valence-electron chi connectivity index (χ0n) is 13.8. The molecule has 1 aromatic heterocycles. The Labute approximate surface area is 150 Å². The molecule has 0 radical (unpaired) electrons. The van der Waals surface area contributed by atoms with Crippen molar-refractivity contribution in [3.8, 4) is 0 Å². The Bertz CT molecular complexity index is 701.